The first-order valence-electron chi connectivity index (χ1n) is 10.4. The van der Waals surface area contributed by atoms with E-state index in [2.05, 4.69) is 67.0 Å². The van der Waals surface area contributed by atoms with Gasteiger partial charge in [0.2, 0.25) is 0 Å². The van der Waals surface area contributed by atoms with Crippen LogP contribution >= 0.6 is 46.7 Å². The molecule has 30 heavy (non-hydrogen) atoms. The van der Waals surface area contributed by atoms with Gasteiger partial charge in [0.25, 0.3) is 0 Å². The van der Waals surface area contributed by atoms with Gasteiger partial charge in [0.1, 0.15) is 0 Å². The second-order valence-corrected chi connectivity index (χ2v) is 9.47. The number of nitrogens with zero attached hydrogens (tertiary/aromatic N) is 4. The molecule has 2 fully saturated rings. The van der Waals surface area contributed by atoms with E-state index in [0.717, 1.165) is 58.4 Å². The zero-order valence-electron chi connectivity index (χ0n) is 17.7. The fourth-order valence-corrected chi connectivity index (χ4v) is 5.77. The zero-order valence-corrected chi connectivity index (χ0v) is 21.7. The highest BCUT2D eigenvalue weighted by atomic mass is 127. The molecule has 0 aliphatic carbocycles. The molecule has 6 nitrogen and oxygen atoms in total. The van der Waals surface area contributed by atoms with Crippen molar-refractivity contribution in [2.45, 2.75) is 19.1 Å². The van der Waals surface area contributed by atoms with Crippen LogP contribution in [-0.2, 0) is 4.74 Å². The molecule has 1 N–H and O–H groups in total. The molecule has 2 aliphatic heterocycles. The van der Waals surface area contributed by atoms with Crippen LogP contribution in [0.3, 0.4) is 0 Å². The molecule has 0 radical (unpaired) electrons. The highest BCUT2D eigenvalue weighted by molar-refractivity contribution is 14.0. The van der Waals surface area contributed by atoms with Gasteiger partial charge in [-0.25, -0.2) is 0 Å². The summed E-state index contributed by atoms with van der Waals surface area (Å²) >= 11 is 3.66. The molecule has 0 bridgehead atoms. The van der Waals surface area contributed by atoms with Crippen LogP contribution in [0.4, 0.5) is 5.00 Å². The van der Waals surface area contributed by atoms with Crippen LogP contribution in [0.5, 0.6) is 0 Å². The van der Waals surface area contributed by atoms with Crippen LogP contribution in [0, 0.1) is 0 Å². The Morgan fingerprint density at radius 1 is 1.17 bits per heavy atom. The smallest absolute Gasteiger partial charge is 0.193 e. The first-order valence-corrected chi connectivity index (χ1v) is 12.1. The molecule has 2 aromatic rings. The highest BCUT2D eigenvalue weighted by Crippen LogP contribution is 2.27. The first kappa shape index (κ1) is 23.8. The van der Waals surface area contributed by atoms with Crippen molar-refractivity contribution in [1.82, 2.24) is 15.1 Å². The van der Waals surface area contributed by atoms with Crippen molar-refractivity contribution in [3.05, 3.63) is 39.9 Å². The summed E-state index contributed by atoms with van der Waals surface area (Å²) in [6.07, 6.45) is 0.288. The normalized spacial score (nSPS) is 21.9. The van der Waals surface area contributed by atoms with Crippen molar-refractivity contribution in [2.24, 2.45) is 4.99 Å². The van der Waals surface area contributed by atoms with Crippen LogP contribution in [0.15, 0.2) is 40.0 Å². The van der Waals surface area contributed by atoms with Gasteiger partial charge in [-0.3, -0.25) is 9.89 Å². The molecule has 2 saturated heterocycles. The van der Waals surface area contributed by atoms with Crippen LogP contribution in [0.25, 0.3) is 0 Å². The maximum atomic E-state index is 5.76. The Kier molecular flexibility index (Phi) is 9.24. The lowest BCUT2D eigenvalue weighted by Crippen LogP contribution is -2.54. The Balaban J connectivity index is 0.00000256. The van der Waals surface area contributed by atoms with Gasteiger partial charge >= 0.3 is 0 Å². The number of hydrogen-bond donors (Lipinski definition) is 1. The number of ether oxygens (including phenoxy) is 1. The molecule has 0 amide bonds. The van der Waals surface area contributed by atoms with Crippen LogP contribution in [0.1, 0.15) is 17.8 Å². The minimum absolute atomic E-state index is 0. The quantitative estimate of drug-likeness (QED) is 0.344. The summed E-state index contributed by atoms with van der Waals surface area (Å²) in [5.41, 5.74) is 0. The molecule has 0 saturated carbocycles. The molecule has 2 aromatic heterocycles. The van der Waals surface area contributed by atoms with Crippen LogP contribution < -0.4 is 10.2 Å². The fraction of sp³-hybridized carbons (Fsp3) is 0.571. The van der Waals surface area contributed by atoms with Gasteiger partial charge in [0, 0.05) is 57.7 Å². The Bertz CT molecular complexity index is 762. The standard InChI is InChI=1S/C21H31N5OS2.HI/c1-17-16-26(11-12-27-17)18(19-5-3-13-28-19)15-23-21(22-2)25-9-7-24(8-10-25)20-6-4-14-29-20;/h3-6,13-14,17-18H,7-12,15-16H2,1-2H3,(H,22,23);1H. The number of morpholine rings is 1. The summed E-state index contributed by atoms with van der Waals surface area (Å²) in [7, 11) is 1.89. The summed E-state index contributed by atoms with van der Waals surface area (Å²) in [4.78, 5) is 13.4. The Labute approximate surface area is 204 Å². The van der Waals surface area contributed by atoms with Gasteiger partial charge in [0.15, 0.2) is 5.96 Å². The van der Waals surface area contributed by atoms with Gasteiger partial charge in [-0.15, -0.1) is 46.7 Å². The highest BCUT2D eigenvalue weighted by Gasteiger charge is 2.27. The number of rotatable bonds is 5. The summed E-state index contributed by atoms with van der Waals surface area (Å²) in [5, 5.41) is 9.36. The Morgan fingerprint density at radius 2 is 1.93 bits per heavy atom. The lowest BCUT2D eigenvalue weighted by molar-refractivity contribution is -0.0334. The molecule has 0 spiro atoms. The van der Waals surface area contributed by atoms with Crippen molar-refractivity contribution in [1.29, 1.82) is 0 Å². The minimum atomic E-state index is 0. The van der Waals surface area contributed by atoms with Crippen molar-refractivity contribution < 1.29 is 4.74 Å². The van der Waals surface area contributed by atoms with E-state index in [9.17, 15) is 0 Å². The second kappa shape index (κ2) is 11.7. The number of piperazine rings is 1. The first-order chi connectivity index (χ1) is 14.2. The molecule has 0 aromatic carbocycles. The minimum Gasteiger partial charge on any atom is -0.376 e. The SMILES string of the molecule is CN=C(NCC(c1cccs1)N1CCOC(C)C1)N1CCN(c2cccs2)CC1.I. The zero-order chi connectivity index (χ0) is 20.1. The number of anilines is 1. The predicted octanol–water partition coefficient (Wildman–Crippen LogP) is 3.59. The van der Waals surface area contributed by atoms with E-state index >= 15 is 0 Å². The number of thiophene rings is 2. The van der Waals surface area contributed by atoms with Crippen LogP contribution in [-0.4, -0.2) is 81.3 Å². The molecule has 4 heterocycles. The van der Waals surface area contributed by atoms with Gasteiger partial charge in [-0.05, 0) is 35.9 Å². The largest absolute Gasteiger partial charge is 0.376 e. The van der Waals surface area contributed by atoms with Crippen molar-refractivity contribution in [2.75, 3.05) is 64.4 Å². The topological polar surface area (TPSA) is 43.3 Å². The van der Waals surface area contributed by atoms with Crippen molar-refractivity contribution in [3.8, 4) is 0 Å². The number of hydrogen-bond acceptors (Lipinski definition) is 6. The average molecular weight is 562 g/mol. The molecular formula is C21H32IN5OS2. The molecule has 2 unspecified atom stereocenters. The summed E-state index contributed by atoms with van der Waals surface area (Å²) in [5.74, 6) is 1.01. The van der Waals surface area contributed by atoms with Gasteiger partial charge < -0.3 is 19.9 Å². The van der Waals surface area contributed by atoms with Gasteiger partial charge in [-0.2, -0.15) is 0 Å². The summed E-state index contributed by atoms with van der Waals surface area (Å²) in [6.45, 7) is 9.86. The van der Waals surface area contributed by atoms with Gasteiger partial charge in [0.05, 0.1) is 23.8 Å². The number of halogens is 1. The van der Waals surface area contributed by atoms with E-state index in [1.54, 1.807) is 0 Å². The maximum Gasteiger partial charge on any atom is 0.193 e. The van der Waals surface area contributed by atoms with Crippen molar-refractivity contribution >= 4 is 57.6 Å². The monoisotopic (exact) mass is 561 g/mol. The maximum absolute atomic E-state index is 5.76. The fourth-order valence-electron chi connectivity index (χ4n) is 4.13. The van der Waals surface area contributed by atoms with E-state index in [4.69, 9.17) is 4.74 Å². The predicted molar refractivity (Wildman–Crippen MR) is 139 cm³/mol. The molecule has 9 heteroatoms. The third-order valence-electron chi connectivity index (χ3n) is 5.65. The third kappa shape index (κ3) is 5.87. The number of guanidine groups is 1. The molecular weight excluding hydrogens is 529 g/mol. The third-order valence-corrected chi connectivity index (χ3v) is 7.55. The Hall–Kier alpha value is -0.880. The van der Waals surface area contributed by atoms with Gasteiger partial charge in [-0.1, -0.05) is 6.07 Å². The summed E-state index contributed by atoms with van der Waals surface area (Å²) < 4.78 is 5.76. The van der Waals surface area contributed by atoms with Crippen molar-refractivity contribution in [3.63, 3.8) is 0 Å². The van der Waals surface area contributed by atoms with E-state index in [0.29, 0.717) is 6.04 Å². The van der Waals surface area contributed by atoms with E-state index < -0.39 is 0 Å². The van der Waals surface area contributed by atoms with E-state index in [1.807, 2.05) is 29.7 Å². The molecule has 166 valence electrons. The average Bonchev–Trinajstić information content (AvgIpc) is 3.46. The molecule has 2 atom stereocenters. The second-order valence-electron chi connectivity index (χ2n) is 7.56. The molecule has 4 rings (SSSR count). The van der Waals surface area contributed by atoms with E-state index in [1.165, 1.54) is 9.88 Å². The molecule has 2 aliphatic rings. The number of aliphatic imine (C=N–C) groups is 1. The lowest BCUT2D eigenvalue weighted by atomic mass is 10.1. The van der Waals surface area contributed by atoms with E-state index in [-0.39, 0.29) is 30.1 Å². The summed E-state index contributed by atoms with van der Waals surface area (Å²) in [6, 6.07) is 9.09. The lowest BCUT2D eigenvalue weighted by Gasteiger charge is -2.39. The number of nitrogens with one attached hydrogen (secondary N) is 1. The van der Waals surface area contributed by atoms with Crippen LogP contribution in [0.2, 0.25) is 0 Å². The Morgan fingerprint density at radius 3 is 2.57 bits per heavy atom.